The molecule has 1 aromatic heterocycles. The van der Waals surface area contributed by atoms with Gasteiger partial charge in [0.1, 0.15) is 4.34 Å². The summed E-state index contributed by atoms with van der Waals surface area (Å²) in [7, 11) is -7.96. The number of aromatic nitrogens is 1. The van der Waals surface area contributed by atoms with Crippen LogP contribution >= 0.6 is 22.9 Å². The molecule has 5 nitrogen and oxygen atoms in total. The Morgan fingerprint density at radius 2 is 1.19 bits per heavy atom. The minimum atomic E-state index is -4.01. The number of hydrogen-bond donors (Lipinski definition) is 0. The van der Waals surface area contributed by atoms with Crippen LogP contribution in [0.1, 0.15) is 11.1 Å². The summed E-state index contributed by atoms with van der Waals surface area (Å²) in [5, 5.41) is -0.446. The highest BCUT2D eigenvalue weighted by Gasteiger charge is 2.30. The van der Waals surface area contributed by atoms with Gasteiger partial charge in [0.05, 0.1) is 9.79 Å². The molecule has 0 atom stereocenters. The quantitative estimate of drug-likeness (QED) is 0.626. The van der Waals surface area contributed by atoms with Gasteiger partial charge in [-0.05, 0) is 38.1 Å². The molecule has 0 N–H and O–H groups in total. The molecule has 0 saturated carbocycles. The van der Waals surface area contributed by atoms with E-state index in [2.05, 4.69) is 4.98 Å². The minimum Gasteiger partial charge on any atom is -0.217 e. The fourth-order valence-electron chi connectivity index (χ4n) is 2.20. The summed E-state index contributed by atoms with van der Waals surface area (Å²) in [5.74, 6) is 0. The topological polar surface area (TPSA) is 81.2 Å². The molecule has 0 spiro atoms. The molecule has 3 aromatic rings. The maximum atomic E-state index is 12.8. The molecule has 0 amide bonds. The van der Waals surface area contributed by atoms with Crippen molar-refractivity contribution in [2.24, 2.45) is 0 Å². The van der Waals surface area contributed by atoms with E-state index in [0.29, 0.717) is 11.3 Å². The van der Waals surface area contributed by atoms with Gasteiger partial charge in [0.2, 0.25) is 24.0 Å². The number of aryl methyl sites for hydroxylation is 2. The number of sulfone groups is 2. The van der Waals surface area contributed by atoms with Gasteiger partial charge < -0.3 is 0 Å². The van der Waals surface area contributed by atoms with Crippen LogP contribution in [0.3, 0.4) is 0 Å². The highest BCUT2D eigenvalue weighted by atomic mass is 35.5. The monoisotopic (exact) mass is 427 g/mol. The maximum absolute atomic E-state index is 12.8. The molecule has 0 aliphatic heterocycles. The molecule has 0 saturated heterocycles. The van der Waals surface area contributed by atoms with E-state index < -0.39 is 24.7 Å². The van der Waals surface area contributed by atoms with Crippen molar-refractivity contribution in [3.63, 3.8) is 0 Å². The number of hydrogen-bond acceptors (Lipinski definition) is 6. The highest BCUT2D eigenvalue weighted by Crippen LogP contribution is 2.36. The van der Waals surface area contributed by atoms with Crippen molar-refractivity contribution in [1.82, 2.24) is 4.98 Å². The Bertz CT molecular complexity index is 1160. The fraction of sp³-hybridized carbons (Fsp3) is 0.118. The third-order valence-electron chi connectivity index (χ3n) is 3.68. The summed E-state index contributed by atoms with van der Waals surface area (Å²) in [5.41, 5.74) is 1.81. The average molecular weight is 428 g/mol. The first kappa shape index (κ1) is 19.0. The van der Waals surface area contributed by atoms with Crippen LogP contribution in [-0.4, -0.2) is 21.8 Å². The molecular weight excluding hydrogens is 414 g/mol. The first-order chi connectivity index (χ1) is 12.1. The molecule has 0 unspecified atom stereocenters. The smallest absolute Gasteiger partial charge is 0.217 e. The number of halogens is 1. The van der Waals surface area contributed by atoms with Crippen LogP contribution in [0.25, 0.3) is 0 Å². The normalized spacial score (nSPS) is 12.3. The summed E-state index contributed by atoms with van der Waals surface area (Å²) in [6.07, 6.45) is 0. The van der Waals surface area contributed by atoms with E-state index >= 15 is 0 Å². The zero-order valence-corrected chi connectivity index (χ0v) is 17.0. The Hall–Kier alpha value is -1.74. The van der Waals surface area contributed by atoms with Gasteiger partial charge in [-0.25, -0.2) is 21.8 Å². The lowest BCUT2D eigenvalue weighted by Crippen LogP contribution is -2.05. The maximum Gasteiger partial charge on any atom is 0.233 e. The lowest BCUT2D eigenvalue weighted by atomic mass is 10.2. The SMILES string of the molecule is Cc1ccc(S(=O)(=O)c2nc(S(=O)(=O)c3ccc(C)cc3)c(Cl)s2)cc1. The summed E-state index contributed by atoms with van der Waals surface area (Å²) in [4.78, 5) is 3.91. The van der Waals surface area contributed by atoms with Crippen LogP contribution in [0.4, 0.5) is 0 Å². The molecule has 26 heavy (non-hydrogen) atoms. The van der Waals surface area contributed by atoms with E-state index in [1.165, 1.54) is 24.3 Å². The fourth-order valence-corrected chi connectivity index (χ4v) is 6.92. The predicted octanol–water partition coefficient (Wildman–Crippen LogP) is 4.08. The molecule has 3 rings (SSSR count). The number of thiazole rings is 1. The minimum absolute atomic E-state index is 0.00887. The summed E-state index contributed by atoms with van der Waals surface area (Å²) >= 11 is 6.67. The summed E-state index contributed by atoms with van der Waals surface area (Å²) in [6.45, 7) is 3.67. The van der Waals surface area contributed by atoms with Crippen molar-refractivity contribution in [2.75, 3.05) is 0 Å². The van der Waals surface area contributed by atoms with Gasteiger partial charge in [0, 0.05) is 0 Å². The van der Waals surface area contributed by atoms with Gasteiger partial charge >= 0.3 is 0 Å². The van der Waals surface area contributed by atoms with Gasteiger partial charge in [-0.15, -0.1) is 0 Å². The van der Waals surface area contributed by atoms with Gasteiger partial charge in [0.25, 0.3) is 0 Å². The first-order valence-electron chi connectivity index (χ1n) is 7.42. The second-order valence-electron chi connectivity index (χ2n) is 5.69. The average Bonchev–Trinajstić information content (AvgIpc) is 2.99. The van der Waals surface area contributed by atoms with Crippen molar-refractivity contribution >= 4 is 42.6 Å². The van der Waals surface area contributed by atoms with Crippen LogP contribution in [-0.2, 0) is 19.7 Å². The highest BCUT2D eigenvalue weighted by molar-refractivity contribution is 7.94. The number of rotatable bonds is 4. The Morgan fingerprint density at radius 1 is 0.769 bits per heavy atom. The second-order valence-corrected chi connectivity index (χ2v) is 11.3. The van der Waals surface area contributed by atoms with Crippen LogP contribution in [0.15, 0.2) is 67.7 Å². The molecule has 0 aliphatic carbocycles. The van der Waals surface area contributed by atoms with Crippen molar-refractivity contribution < 1.29 is 16.8 Å². The third kappa shape index (κ3) is 3.42. The van der Waals surface area contributed by atoms with E-state index in [9.17, 15) is 16.8 Å². The predicted molar refractivity (Wildman–Crippen MR) is 100 cm³/mol. The van der Waals surface area contributed by atoms with Crippen LogP contribution in [0.5, 0.6) is 0 Å². The van der Waals surface area contributed by atoms with Crippen molar-refractivity contribution in [3.8, 4) is 0 Å². The van der Waals surface area contributed by atoms with Crippen LogP contribution < -0.4 is 0 Å². The standard InChI is InChI=1S/C17H14ClNO4S3/c1-11-3-7-13(8-4-11)25(20,21)16-15(18)24-17(19-16)26(22,23)14-9-5-12(2)6-10-14/h3-10H,1-2H3. The van der Waals surface area contributed by atoms with Gasteiger partial charge in [-0.2, -0.15) is 0 Å². The second kappa shape index (κ2) is 6.77. The molecule has 0 bridgehead atoms. The Kier molecular flexibility index (Phi) is 4.96. The molecule has 1 heterocycles. The van der Waals surface area contributed by atoms with Crippen molar-refractivity contribution in [1.29, 1.82) is 0 Å². The zero-order chi connectivity index (χ0) is 19.1. The largest absolute Gasteiger partial charge is 0.233 e. The molecule has 0 aliphatic rings. The number of benzene rings is 2. The van der Waals surface area contributed by atoms with Crippen molar-refractivity contribution in [3.05, 3.63) is 64.0 Å². The van der Waals surface area contributed by atoms with E-state index in [1.807, 2.05) is 13.8 Å². The lowest BCUT2D eigenvalue weighted by molar-refractivity contribution is 0.589. The van der Waals surface area contributed by atoms with Crippen LogP contribution in [0, 0.1) is 13.8 Å². The van der Waals surface area contributed by atoms with E-state index in [0.717, 1.165) is 11.1 Å². The Balaban J connectivity index is 2.09. The van der Waals surface area contributed by atoms with E-state index in [-0.39, 0.29) is 18.5 Å². The molecule has 9 heteroatoms. The molecule has 136 valence electrons. The van der Waals surface area contributed by atoms with Gasteiger partial charge in [-0.3, -0.25) is 0 Å². The van der Waals surface area contributed by atoms with E-state index in [1.54, 1.807) is 24.3 Å². The van der Waals surface area contributed by atoms with Crippen molar-refractivity contribution in [2.45, 2.75) is 33.0 Å². The molecule has 2 aromatic carbocycles. The lowest BCUT2D eigenvalue weighted by Gasteiger charge is -2.03. The summed E-state index contributed by atoms with van der Waals surface area (Å²) < 4.78 is 50.4. The Labute approximate surface area is 161 Å². The molecule has 0 fully saturated rings. The molecular formula is C17H14ClNO4S3. The Morgan fingerprint density at radius 3 is 1.65 bits per heavy atom. The van der Waals surface area contributed by atoms with E-state index in [4.69, 9.17) is 11.6 Å². The van der Waals surface area contributed by atoms with Gasteiger partial charge in [0.15, 0.2) is 5.03 Å². The molecule has 0 radical (unpaired) electrons. The zero-order valence-electron chi connectivity index (χ0n) is 13.8. The third-order valence-corrected chi connectivity index (χ3v) is 9.02. The number of nitrogens with zero attached hydrogens (tertiary/aromatic N) is 1. The van der Waals surface area contributed by atoms with Crippen LogP contribution in [0.2, 0.25) is 4.34 Å². The first-order valence-corrected chi connectivity index (χ1v) is 11.6. The summed E-state index contributed by atoms with van der Waals surface area (Å²) in [6, 6.07) is 12.4. The van der Waals surface area contributed by atoms with Gasteiger partial charge in [-0.1, -0.05) is 58.3 Å².